The van der Waals surface area contributed by atoms with E-state index in [1.807, 2.05) is 78.9 Å². The van der Waals surface area contributed by atoms with Gasteiger partial charge in [0.25, 0.3) is 5.56 Å². The number of thiazole rings is 1. The number of hydrogen-bond acceptors (Lipinski definition) is 6. The van der Waals surface area contributed by atoms with Gasteiger partial charge in [-0.15, -0.1) is 0 Å². The second-order valence-electron chi connectivity index (χ2n) is 8.23. The lowest BCUT2D eigenvalue weighted by Crippen LogP contribution is -2.40. The van der Waals surface area contributed by atoms with Crippen LogP contribution in [0.2, 0.25) is 0 Å². The highest BCUT2D eigenvalue weighted by atomic mass is 79.9. The smallest absolute Gasteiger partial charge is 0.338 e. The Kier molecular flexibility index (Phi) is 7.21. The van der Waals surface area contributed by atoms with Crippen LogP contribution in [0.25, 0.3) is 11.8 Å². The van der Waals surface area contributed by atoms with E-state index in [1.54, 1.807) is 24.7 Å². The maximum absolute atomic E-state index is 13.9. The van der Waals surface area contributed by atoms with Crippen molar-refractivity contribution >= 4 is 45.0 Å². The molecule has 0 saturated carbocycles. The van der Waals surface area contributed by atoms with Crippen molar-refractivity contribution in [2.45, 2.75) is 13.0 Å². The number of esters is 1. The molecule has 2 heterocycles. The molecule has 0 radical (unpaired) electrons. The van der Waals surface area contributed by atoms with E-state index >= 15 is 0 Å². The zero-order valence-electron chi connectivity index (χ0n) is 20.2. The van der Waals surface area contributed by atoms with Crippen molar-refractivity contribution in [3.8, 4) is 5.75 Å². The lowest BCUT2D eigenvalue weighted by atomic mass is 9.93. The van der Waals surface area contributed by atoms with Gasteiger partial charge in [0.15, 0.2) is 4.80 Å². The van der Waals surface area contributed by atoms with E-state index in [4.69, 9.17) is 14.5 Å². The van der Waals surface area contributed by atoms with Crippen LogP contribution in [0.5, 0.6) is 5.75 Å². The number of benzene rings is 3. The van der Waals surface area contributed by atoms with Crippen LogP contribution in [0.4, 0.5) is 0 Å². The van der Waals surface area contributed by atoms with Crippen molar-refractivity contribution in [1.82, 2.24) is 4.57 Å². The van der Waals surface area contributed by atoms with Crippen molar-refractivity contribution in [2.24, 2.45) is 4.99 Å². The molecule has 3 aromatic carbocycles. The van der Waals surface area contributed by atoms with Gasteiger partial charge >= 0.3 is 5.97 Å². The summed E-state index contributed by atoms with van der Waals surface area (Å²) in [6.45, 7) is 1.97. The molecule has 1 aromatic heterocycles. The van der Waals surface area contributed by atoms with Gasteiger partial charge in [0.05, 0.1) is 35.6 Å². The first-order chi connectivity index (χ1) is 18.0. The third-order valence-electron chi connectivity index (χ3n) is 5.97. The number of hydrogen-bond donors (Lipinski definition) is 0. The largest absolute Gasteiger partial charge is 0.496 e. The zero-order chi connectivity index (χ0) is 25.9. The molecule has 0 amide bonds. The van der Waals surface area contributed by atoms with Crippen LogP contribution in [0.15, 0.2) is 98.7 Å². The van der Waals surface area contributed by atoms with E-state index in [0.717, 1.165) is 21.2 Å². The fourth-order valence-electron chi connectivity index (χ4n) is 4.35. The summed E-state index contributed by atoms with van der Waals surface area (Å²) < 4.78 is 13.9. The molecule has 6 nitrogen and oxygen atoms in total. The summed E-state index contributed by atoms with van der Waals surface area (Å²) in [6, 6.07) is 23.9. The van der Waals surface area contributed by atoms with Crippen LogP contribution in [-0.4, -0.2) is 24.3 Å². The van der Waals surface area contributed by atoms with Crippen LogP contribution in [-0.2, 0) is 9.53 Å². The molecule has 5 rings (SSSR count). The molecule has 0 aliphatic carbocycles. The number of halogens is 1. The number of aromatic nitrogens is 1. The number of methoxy groups -OCH3 is 1. The summed E-state index contributed by atoms with van der Waals surface area (Å²) >= 11 is 4.77. The Morgan fingerprint density at radius 3 is 2.46 bits per heavy atom. The van der Waals surface area contributed by atoms with Gasteiger partial charge in [-0.05, 0) is 36.8 Å². The fraction of sp³-hybridized carbons (Fsp3) is 0.138. The third-order valence-corrected chi connectivity index (χ3v) is 7.44. The third kappa shape index (κ3) is 4.82. The molecule has 0 spiro atoms. The number of carbonyl (C=O) groups is 1. The lowest BCUT2D eigenvalue weighted by molar-refractivity contribution is -0.138. The standard InChI is InChI=1S/C29H23BrN2O4S/c1-3-36-28(34)24-25(18-10-6-4-7-11-18)31-29-32(26(24)19-12-8-5-9-13-19)27(33)23(37-29)17-20-16-21(30)14-15-22(20)35-2/h4-17,26H,3H2,1-2H3/b23-17-/t26-/m0/s1. The van der Waals surface area contributed by atoms with E-state index in [1.165, 1.54) is 11.3 Å². The minimum atomic E-state index is -0.696. The topological polar surface area (TPSA) is 69.9 Å². The van der Waals surface area contributed by atoms with Gasteiger partial charge in [-0.2, -0.15) is 0 Å². The average molecular weight is 575 g/mol. The first-order valence-corrected chi connectivity index (χ1v) is 13.3. The number of rotatable bonds is 6. The monoisotopic (exact) mass is 574 g/mol. The maximum Gasteiger partial charge on any atom is 0.338 e. The van der Waals surface area contributed by atoms with Crippen LogP contribution < -0.4 is 19.6 Å². The number of ether oxygens (including phenoxy) is 2. The van der Waals surface area contributed by atoms with Gasteiger partial charge < -0.3 is 9.47 Å². The molecule has 0 unspecified atom stereocenters. The van der Waals surface area contributed by atoms with Crippen LogP contribution in [0.1, 0.15) is 29.7 Å². The number of carbonyl (C=O) groups excluding carboxylic acids is 1. The predicted molar refractivity (Wildman–Crippen MR) is 148 cm³/mol. The van der Waals surface area contributed by atoms with Crippen LogP contribution >= 0.6 is 27.3 Å². The van der Waals surface area contributed by atoms with Gasteiger partial charge in [0.1, 0.15) is 5.75 Å². The Balaban J connectivity index is 1.83. The highest BCUT2D eigenvalue weighted by molar-refractivity contribution is 9.10. The molecule has 0 saturated heterocycles. The minimum absolute atomic E-state index is 0.207. The summed E-state index contributed by atoms with van der Waals surface area (Å²) in [5.41, 5.74) is 2.92. The molecule has 1 aliphatic rings. The van der Waals surface area contributed by atoms with Crippen molar-refractivity contribution in [3.05, 3.63) is 125 Å². The molecular formula is C29H23BrN2O4S. The van der Waals surface area contributed by atoms with Crippen molar-refractivity contribution in [1.29, 1.82) is 0 Å². The van der Waals surface area contributed by atoms with Crippen molar-refractivity contribution < 1.29 is 14.3 Å². The van der Waals surface area contributed by atoms with Gasteiger partial charge in [-0.25, -0.2) is 9.79 Å². The Labute approximate surface area is 226 Å². The lowest BCUT2D eigenvalue weighted by Gasteiger charge is -2.25. The van der Waals surface area contributed by atoms with Gasteiger partial charge in [-0.1, -0.05) is 87.9 Å². The predicted octanol–water partition coefficient (Wildman–Crippen LogP) is 4.71. The Bertz CT molecular complexity index is 1670. The molecule has 1 aliphatic heterocycles. The summed E-state index contributed by atoms with van der Waals surface area (Å²) in [6.07, 6.45) is 1.80. The van der Waals surface area contributed by atoms with E-state index in [2.05, 4.69) is 15.9 Å². The average Bonchev–Trinajstić information content (AvgIpc) is 3.23. The maximum atomic E-state index is 13.9. The Morgan fingerprint density at radius 2 is 1.78 bits per heavy atom. The normalized spacial score (nSPS) is 15.2. The van der Waals surface area contributed by atoms with Crippen LogP contribution in [0.3, 0.4) is 0 Å². The van der Waals surface area contributed by atoms with Gasteiger partial charge in [0.2, 0.25) is 0 Å². The minimum Gasteiger partial charge on any atom is -0.496 e. The van der Waals surface area contributed by atoms with Gasteiger partial charge in [-0.3, -0.25) is 9.36 Å². The van der Waals surface area contributed by atoms with Crippen LogP contribution in [0, 0.1) is 0 Å². The molecule has 0 bridgehead atoms. The molecular weight excluding hydrogens is 552 g/mol. The van der Waals surface area contributed by atoms with E-state index in [0.29, 0.717) is 26.4 Å². The first-order valence-electron chi connectivity index (χ1n) is 11.7. The molecule has 0 fully saturated rings. The number of fused-ring (bicyclic) bond motifs is 1. The summed E-state index contributed by atoms with van der Waals surface area (Å²) in [5.74, 6) is 0.146. The molecule has 0 N–H and O–H groups in total. The molecule has 1 atom stereocenters. The van der Waals surface area contributed by atoms with E-state index < -0.39 is 12.0 Å². The molecule has 37 heavy (non-hydrogen) atoms. The Hall–Kier alpha value is -3.75. The molecule has 4 aromatic rings. The quantitative estimate of drug-likeness (QED) is 0.313. The highest BCUT2D eigenvalue weighted by Gasteiger charge is 2.35. The second-order valence-corrected chi connectivity index (χ2v) is 10.2. The summed E-state index contributed by atoms with van der Waals surface area (Å²) in [5, 5.41) is 0. The van der Waals surface area contributed by atoms with E-state index in [-0.39, 0.29) is 12.2 Å². The number of nitrogens with zero attached hydrogens (tertiary/aromatic N) is 2. The first kappa shape index (κ1) is 24.9. The fourth-order valence-corrected chi connectivity index (χ4v) is 5.72. The zero-order valence-corrected chi connectivity index (χ0v) is 22.6. The second kappa shape index (κ2) is 10.7. The molecule has 8 heteroatoms. The van der Waals surface area contributed by atoms with Crippen molar-refractivity contribution in [2.75, 3.05) is 13.7 Å². The van der Waals surface area contributed by atoms with E-state index in [9.17, 15) is 9.59 Å². The summed E-state index contributed by atoms with van der Waals surface area (Å²) in [4.78, 5) is 32.7. The highest BCUT2D eigenvalue weighted by Crippen LogP contribution is 2.35. The molecule has 186 valence electrons. The van der Waals surface area contributed by atoms with Crippen molar-refractivity contribution in [3.63, 3.8) is 0 Å². The Morgan fingerprint density at radius 1 is 1.08 bits per heavy atom. The summed E-state index contributed by atoms with van der Waals surface area (Å²) in [7, 11) is 1.59. The van der Waals surface area contributed by atoms with Gasteiger partial charge in [0, 0.05) is 15.6 Å². The SMILES string of the molecule is CCOC(=O)C1=C(c2ccccc2)N=c2s/c(=C\c3cc(Br)ccc3OC)c(=O)n2[C@H]1c1ccccc1.